The summed E-state index contributed by atoms with van der Waals surface area (Å²) in [5.74, 6) is 0.392. The number of nitrogens with zero attached hydrogens (tertiary/aromatic N) is 3. The highest BCUT2D eigenvalue weighted by Gasteiger charge is 2.18. The Hall–Kier alpha value is -1.83. The van der Waals surface area contributed by atoms with Crippen LogP contribution in [0.1, 0.15) is 31.2 Å². The fourth-order valence-corrected chi connectivity index (χ4v) is 3.61. The molecule has 0 aliphatic heterocycles. The maximum absolute atomic E-state index is 9.17. The van der Waals surface area contributed by atoms with Crippen LogP contribution in [0.4, 0.5) is 0 Å². The average molecular weight is 316 g/mol. The van der Waals surface area contributed by atoms with Crippen molar-refractivity contribution < 1.29 is 0 Å². The molecular formula is C16H14ClN3S. The van der Waals surface area contributed by atoms with E-state index in [0.717, 1.165) is 21.9 Å². The lowest BCUT2D eigenvalue weighted by atomic mass is 10.1. The van der Waals surface area contributed by atoms with Crippen LogP contribution in [0.3, 0.4) is 0 Å². The first-order valence-electron chi connectivity index (χ1n) is 6.73. The Morgan fingerprint density at radius 1 is 1.33 bits per heavy atom. The third-order valence-corrected chi connectivity index (χ3v) is 4.54. The second-order valence-electron chi connectivity index (χ2n) is 5.18. The Kier molecular flexibility index (Phi) is 3.71. The minimum Gasteiger partial charge on any atom is -0.290 e. The zero-order valence-corrected chi connectivity index (χ0v) is 13.4. The number of fused-ring (bicyclic) bond motifs is 1. The minimum atomic E-state index is 0.343. The van der Waals surface area contributed by atoms with Crippen LogP contribution in [-0.4, -0.2) is 9.38 Å². The molecule has 0 N–H and O–H groups in total. The van der Waals surface area contributed by atoms with Gasteiger partial charge in [-0.3, -0.25) is 4.40 Å². The molecule has 0 bridgehead atoms. The van der Waals surface area contributed by atoms with Gasteiger partial charge in [0.15, 0.2) is 4.96 Å². The number of nitriles is 1. The monoisotopic (exact) mass is 315 g/mol. The largest absolute Gasteiger partial charge is 0.290 e. The van der Waals surface area contributed by atoms with E-state index in [9.17, 15) is 5.26 Å². The van der Waals surface area contributed by atoms with Gasteiger partial charge < -0.3 is 0 Å². The highest BCUT2D eigenvalue weighted by Crippen LogP contribution is 2.31. The number of rotatable bonds is 3. The van der Waals surface area contributed by atoms with E-state index >= 15 is 0 Å². The van der Waals surface area contributed by atoms with Gasteiger partial charge in [-0.25, -0.2) is 4.98 Å². The normalized spacial score (nSPS) is 11.2. The Morgan fingerprint density at radius 2 is 2.05 bits per heavy atom. The Balaban J connectivity index is 2.25. The zero-order valence-electron chi connectivity index (χ0n) is 11.8. The minimum absolute atomic E-state index is 0.343. The molecule has 2 heterocycles. The van der Waals surface area contributed by atoms with E-state index in [1.165, 1.54) is 5.69 Å². The lowest BCUT2D eigenvalue weighted by Gasteiger charge is -2.06. The van der Waals surface area contributed by atoms with Gasteiger partial charge in [0.25, 0.3) is 0 Å². The summed E-state index contributed by atoms with van der Waals surface area (Å²) in [6.45, 7) is 4.30. The average Bonchev–Trinajstić information content (AvgIpc) is 3.00. The molecule has 5 heteroatoms. The maximum Gasteiger partial charge on any atom is 0.194 e. The van der Waals surface area contributed by atoms with Crippen molar-refractivity contribution in [3.05, 3.63) is 46.1 Å². The Morgan fingerprint density at radius 3 is 2.67 bits per heavy atom. The van der Waals surface area contributed by atoms with Crippen molar-refractivity contribution in [3.8, 4) is 17.3 Å². The first kappa shape index (κ1) is 14.1. The number of hydrogen-bond donors (Lipinski definition) is 0. The van der Waals surface area contributed by atoms with Crippen molar-refractivity contribution in [3.63, 3.8) is 0 Å². The fraction of sp³-hybridized carbons (Fsp3) is 0.250. The van der Waals surface area contributed by atoms with E-state index in [1.807, 2.05) is 24.3 Å². The number of benzene rings is 1. The highest BCUT2D eigenvalue weighted by atomic mass is 35.5. The van der Waals surface area contributed by atoms with Crippen molar-refractivity contribution >= 4 is 27.9 Å². The van der Waals surface area contributed by atoms with Crippen LogP contribution in [0.2, 0.25) is 5.02 Å². The lowest BCUT2D eigenvalue weighted by Crippen LogP contribution is -1.99. The molecule has 0 unspecified atom stereocenters. The molecular weight excluding hydrogens is 302 g/mol. The van der Waals surface area contributed by atoms with Crippen LogP contribution in [0, 0.1) is 11.3 Å². The number of aromatic nitrogens is 2. The molecule has 1 aromatic carbocycles. The van der Waals surface area contributed by atoms with E-state index in [1.54, 1.807) is 11.3 Å². The molecule has 3 aromatic rings. The summed E-state index contributed by atoms with van der Waals surface area (Å²) in [4.78, 5) is 5.66. The SMILES string of the molecule is CC(C)c1csc2nc(-c3ccc(Cl)cc3)c(CC#N)n12. The summed E-state index contributed by atoms with van der Waals surface area (Å²) in [5.41, 5.74) is 4.03. The van der Waals surface area contributed by atoms with Gasteiger partial charge in [0.05, 0.1) is 23.9 Å². The summed E-state index contributed by atoms with van der Waals surface area (Å²) in [6.07, 6.45) is 0.343. The van der Waals surface area contributed by atoms with Crippen LogP contribution in [-0.2, 0) is 6.42 Å². The van der Waals surface area contributed by atoms with Gasteiger partial charge in [-0.15, -0.1) is 11.3 Å². The van der Waals surface area contributed by atoms with Crippen molar-refractivity contribution in [1.29, 1.82) is 5.26 Å². The fourth-order valence-electron chi connectivity index (χ4n) is 2.41. The smallest absolute Gasteiger partial charge is 0.194 e. The van der Waals surface area contributed by atoms with E-state index in [2.05, 4.69) is 29.7 Å². The molecule has 0 aliphatic carbocycles. The summed E-state index contributed by atoms with van der Waals surface area (Å²) >= 11 is 7.57. The molecule has 106 valence electrons. The molecule has 0 saturated heterocycles. The molecule has 3 nitrogen and oxygen atoms in total. The van der Waals surface area contributed by atoms with Crippen molar-refractivity contribution in [2.45, 2.75) is 26.2 Å². The summed E-state index contributed by atoms with van der Waals surface area (Å²) in [5, 5.41) is 12.0. The van der Waals surface area contributed by atoms with Crippen LogP contribution in [0.5, 0.6) is 0 Å². The van der Waals surface area contributed by atoms with Crippen LogP contribution in [0.25, 0.3) is 16.2 Å². The number of thiazole rings is 1. The first-order valence-corrected chi connectivity index (χ1v) is 7.99. The van der Waals surface area contributed by atoms with Gasteiger partial charge in [-0.1, -0.05) is 37.6 Å². The molecule has 0 amide bonds. The second kappa shape index (κ2) is 5.51. The van der Waals surface area contributed by atoms with E-state index < -0.39 is 0 Å². The molecule has 0 spiro atoms. The number of halogens is 1. The van der Waals surface area contributed by atoms with Crippen molar-refractivity contribution in [1.82, 2.24) is 9.38 Å². The van der Waals surface area contributed by atoms with Crippen LogP contribution in [0.15, 0.2) is 29.6 Å². The molecule has 2 aromatic heterocycles. The molecule has 0 radical (unpaired) electrons. The number of hydrogen-bond acceptors (Lipinski definition) is 3. The van der Waals surface area contributed by atoms with Gasteiger partial charge >= 0.3 is 0 Å². The Bertz CT molecular complexity index is 822. The van der Waals surface area contributed by atoms with Crippen LogP contribution < -0.4 is 0 Å². The van der Waals surface area contributed by atoms with Gasteiger partial charge in [0, 0.05) is 21.7 Å². The lowest BCUT2D eigenvalue weighted by molar-refractivity contribution is 0.799. The van der Waals surface area contributed by atoms with E-state index in [4.69, 9.17) is 16.6 Å². The van der Waals surface area contributed by atoms with Crippen LogP contribution >= 0.6 is 22.9 Å². The van der Waals surface area contributed by atoms with Gasteiger partial charge in [0.2, 0.25) is 0 Å². The molecule has 0 aliphatic rings. The summed E-state index contributed by atoms with van der Waals surface area (Å²) in [7, 11) is 0. The van der Waals surface area contributed by atoms with E-state index in [0.29, 0.717) is 17.4 Å². The highest BCUT2D eigenvalue weighted by molar-refractivity contribution is 7.15. The van der Waals surface area contributed by atoms with Gasteiger partial charge in [-0.2, -0.15) is 5.26 Å². The molecule has 21 heavy (non-hydrogen) atoms. The standard InChI is InChI=1S/C16H14ClN3S/c1-10(2)14-9-21-16-19-15(13(7-8-18)20(14)16)11-3-5-12(17)6-4-11/h3-6,9-10H,7H2,1-2H3. The summed E-state index contributed by atoms with van der Waals surface area (Å²) in [6, 6.07) is 9.86. The first-order chi connectivity index (χ1) is 10.1. The predicted octanol–water partition coefficient (Wildman–Crippen LogP) is 4.91. The topological polar surface area (TPSA) is 41.1 Å². The van der Waals surface area contributed by atoms with Crippen molar-refractivity contribution in [2.75, 3.05) is 0 Å². The van der Waals surface area contributed by atoms with E-state index in [-0.39, 0.29) is 0 Å². The predicted molar refractivity (Wildman–Crippen MR) is 86.9 cm³/mol. The number of imidazole rings is 1. The maximum atomic E-state index is 9.17. The van der Waals surface area contributed by atoms with Gasteiger partial charge in [-0.05, 0) is 18.1 Å². The quantitative estimate of drug-likeness (QED) is 0.689. The third-order valence-electron chi connectivity index (χ3n) is 3.44. The molecule has 0 fully saturated rings. The van der Waals surface area contributed by atoms with Crippen molar-refractivity contribution in [2.24, 2.45) is 0 Å². The molecule has 0 atom stereocenters. The molecule has 3 rings (SSSR count). The summed E-state index contributed by atoms with van der Waals surface area (Å²) < 4.78 is 2.13. The third kappa shape index (κ3) is 2.44. The molecule has 0 saturated carbocycles. The zero-order chi connectivity index (χ0) is 15.0. The second-order valence-corrected chi connectivity index (χ2v) is 6.46. The Labute approximate surface area is 132 Å². The van der Waals surface area contributed by atoms with Gasteiger partial charge in [0.1, 0.15) is 0 Å².